The summed E-state index contributed by atoms with van der Waals surface area (Å²) in [6.45, 7) is 3.40. The van der Waals surface area contributed by atoms with E-state index in [4.69, 9.17) is 4.74 Å². The summed E-state index contributed by atoms with van der Waals surface area (Å²) in [5.74, 6) is -1.90. The van der Waals surface area contributed by atoms with Crippen LogP contribution in [0.3, 0.4) is 0 Å². The molecule has 3 amide bonds. The Hall–Kier alpha value is -4.67. The van der Waals surface area contributed by atoms with Crippen LogP contribution in [0.1, 0.15) is 37.5 Å². The molecule has 0 bridgehead atoms. The van der Waals surface area contributed by atoms with Crippen molar-refractivity contribution in [3.8, 4) is 0 Å². The highest BCUT2D eigenvalue weighted by molar-refractivity contribution is 6.20. The van der Waals surface area contributed by atoms with Gasteiger partial charge in [0.2, 0.25) is 12.1 Å². The minimum absolute atomic E-state index is 0.00638. The molecule has 0 fully saturated rings. The van der Waals surface area contributed by atoms with Crippen LogP contribution in [0.4, 0.5) is 23.7 Å². The number of hydrogen-bond donors (Lipinski definition) is 2. The van der Waals surface area contributed by atoms with Crippen molar-refractivity contribution in [1.82, 2.24) is 10.6 Å². The monoisotopic (exact) mass is 580 g/mol. The molecule has 42 heavy (non-hydrogen) atoms. The Morgan fingerprint density at radius 1 is 0.929 bits per heavy atom. The van der Waals surface area contributed by atoms with Crippen molar-refractivity contribution in [3.63, 3.8) is 0 Å². The molecule has 0 spiro atoms. The van der Waals surface area contributed by atoms with Crippen LogP contribution in [-0.2, 0) is 20.7 Å². The maximum Gasteiger partial charge on any atom is 0.408 e. The summed E-state index contributed by atoms with van der Waals surface area (Å²) in [5.41, 5.74) is 0.916. The first-order valence-corrected chi connectivity index (χ1v) is 13.3. The number of fused-ring (bicyclic) bond motifs is 1. The van der Waals surface area contributed by atoms with Crippen LogP contribution in [-0.4, -0.2) is 54.1 Å². The lowest BCUT2D eigenvalue weighted by Gasteiger charge is -2.27. The number of alkyl carbamates (subject to hydrolysis) is 1. The number of rotatable bonds is 7. The zero-order chi connectivity index (χ0) is 30.5. The van der Waals surface area contributed by atoms with Crippen molar-refractivity contribution in [1.29, 1.82) is 0 Å². The van der Waals surface area contributed by atoms with Crippen molar-refractivity contribution in [2.75, 3.05) is 11.4 Å². The zero-order valence-corrected chi connectivity index (χ0v) is 23.3. The summed E-state index contributed by atoms with van der Waals surface area (Å²) in [7, 11) is 0. The van der Waals surface area contributed by atoms with Crippen LogP contribution in [0.15, 0.2) is 89.9 Å². The molecule has 1 heterocycles. The number of ether oxygens (including phenoxy) is 1. The van der Waals surface area contributed by atoms with Crippen LogP contribution in [0, 0.1) is 0 Å². The second-order valence-corrected chi connectivity index (χ2v) is 10.7. The van der Waals surface area contributed by atoms with E-state index < -0.39 is 48.4 Å². The van der Waals surface area contributed by atoms with Gasteiger partial charge in [-0.05, 0) is 32.4 Å². The van der Waals surface area contributed by atoms with Gasteiger partial charge in [-0.25, -0.2) is 9.79 Å². The van der Waals surface area contributed by atoms with Crippen LogP contribution >= 0.6 is 0 Å². The Morgan fingerprint density at radius 2 is 1.52 bits per heavy atom. The Morgan fingerprint density at radius 3 is 2.14 bits per heavy atom. The molecule has 1 aliphatic rings. The lowest BCUT2D eigenvalue weighted by molar-refractivity contribution is -0.135. The van der Waals surface area contributed by atoms with Gasteiger partial charge in [0.25, 0.3) is 5.91 Å². The minimum Gasteiger partial charge on any atom is -0.444 e. The molecular weight excluding hydrogens is 549 g/mol. The van der Waals surface area contributed by atoms with Crippen LogP contribution in [0.5, 0.6) is 0 Å². The molecule has 8 nitrogen and oxygen atoms in total. The van der Waals surface area contributed by atoms with Crippen LogP contribution in [0.25, 0.3) is 0 Å². The quantitative estimate of drug-likeness (QED) is 0.410. The molecule has 2 atom stereocenters. The van der Waals surface area contributed by atoms with Gasteiger partial charge in [0.05, 0.1) is 11.4 Å². The number of halogens is 3. The van der Waals surface area contributed by atoms with E-state index in [0.29, 0.717) is 21.6 Å². The SMILES string of the molecule is CC(C)(C)OC(=O)NC(Cc1ccccc1)C(=O)NC1N=C(c2ccccc2)c2ccccc2N(CC(F)(F)F)C1=O. The lowest BCUT2D eigenvalue weighted by atomic mass is 10.0. The fourth-order valence-corrected chi connectivity index (χ4v) is 4.44. The molecule has 0 aromatic heterocycles. The molecule has 11 heteroatoms. The van der Waals surface area contributed by atoms with Crippen molar-refractivity contribution < 1.29 is 32.3 Å². The summed E-state index contributed by atoms with van der Waals surface area (Å²) in [6, 6.07) is 22.4. The van der Waals surface area contributed by atoms with Gasteiger partial charge in [0.15, 0.2) is 0 Å². The number of anilines is 1. The Balaban J connectivity index is 1.73. The topological polar surface area (TPSA) is 100 Å². The molecule has 4 rings (SSSR count). The standard InChI is InChI=1S/C31H31F3N4O4/c1-30(2,3)42-29(41)35-23(18-20-12-6-4-7-13-20)27(39)37-26-28(40)38(19-31(32,33)34)24-17-11-10-16-22(24)25(36-26)21-14-8-5-9-15-21/h4-17,23,26H,18-19H2,1-3H3,(H,35,41)(H,37,39). The fourth-order valence-electron chi connectivity index (χ4n) is 4.44. The van der Waals surface area contributed by atoms with Gasteiger partial charge >= 0.3 is 12.3 Å². The van der Waals surface area contributed by atoms with Gasteiger partial charge < -0.3 is 15.4 Å². The zero-order valence-electron chi connectivity index (χ0n) is 23.3. The molecule has 0 saturated heterocycles. The van der Waals surface area contributed by atoms with Crippen LogP contribution < -0.4 is 15.5 Å². The maximum atomic E-state index is 13.7. The molecule has 2 N–H and O–H groups in total. The second-order valence-electron chi connectivity index (χ2n) is 10.7. The highest BCUT2D eigenvalue weighted by Gasteiger charge is 2.40. The third kappa shape index (κ3) is 7.96. The van der Waals surface area contributed by atoms with Gasteiger partial charge in [-0.1, -0.05) is 78.9 Å². The predicted molar refractivity (Wildman–Crippen MR) is 152 cm³/mol. The van der Waals surface area contributed by atoms with E-state index in [1.54, 1.807) is 93.6 Å². The van der Waals surface area contributed by atoms with E-state index in [-0.39, 0.29) is 17.8 Å². The number of amides is 3. The number of para-hydroxylation sites is 1. The van der Waals surface area contributed by atoms with E-state index in [9.17, 15) is 27.6 Å². The van der Waals surface area contributed by atoms with E-state index in [0.717, 1.165) is 0 Å². The molecule has 0 aliphatic carbocycles. The van der Waals surface area contributed by atoms with Crippen molar-refractivity contribution in [2.45, 2.75) is 51.2 Å². The Labute approximate surface area is 241 Å². The lowest BCUT2D eigenvalue weighted by Crippen LogP contribution is -2.55. The van der Waals surface area contributed by atoms with Gasteiger partial charge in [-0.2, -0.15) is 13.2 Å². The predicted octanol–water partition coefficient (Wildman–Crippen LogP) is 5.01. The summed E-state index contributed by atoms with van der Waals surface area (Å²) in [5, 5.41) is 5.02. The average Bonchev–Trinajstić information content (AvgIpc) is 3.03. The average molecular weight is 581 g/mol. The second kappa shape index (κ2) is 12.5. The highest BCUT2D eigenvalue weighted by atomic mass is 19.4. The molecule has 0 radical (unpaired) electrons. The van der Waals surface area contributed by atoms with Crippen molar-refractivity contribution in [2.24, 2.45) is 4.99 Å². The molecule has 0 saturated carbocycles. The van der Waals surface area contributed by atoms with E-state index in [1.807, 2.05) is 0 Å². The number of alkyl halides is 3. The number of nitrogens with one attached hydrogen (secondary N) is 2. The maximum absolute atomic E-state index is 13.7. The van der Waals surface area contributed by atoms with E-state index in [2.05, 4.69) is 15.6 Å². The Bertz CT molecular complexity index is 1450. The third-order valence-electron chi connectivity index (χ3n) is 6.16. The van der Waals surface area contributed by atoms with Crippen LogP contribution in [0.2, 0.25) is 0 Å². The first-order valence-electron chi connectivity index (χ1n) is 13.3. The van der Waals surface area contributed by atoms with Gasteiger partial charge in [-0.3, -0.25) is 14.5 Å². The normalized spacial score (nSPS) is 16.0. The van der Waals surface area contributed by atoms with Gasteiger partial charge in [0.1, 0.15) is 18.2 Å². The number of benzene rings is 3. The summed E-state index contributed by atoms with van der Waals surface area (Å²) >= 11 is 0. The molecule has 2 unspecified atom stereocenters. The fraction of sp³-hybridized carbons (Fsp3) is 0.290. The molecule has 3 aromatic carbocycles. The number of hydrogen-bond acceptors (Lipinski definition) is 5. The third-order valence-corrected chi connectivity index (χ3v) is 6.16. The molecule has 220 valence electrons. The molecule has 3 aromatic rings. The number of aliphatic imine (C=N–C) groups is 1. The van der Waals surface area contributed by atoms with Crippen molar-refractivity contribution in [3.05, 3.63) is 102 Å². The Kier molecular flexibility index (Phi) is 8.99. The summed E-state index contributed by atoms with van der Waals surface area (Å²) in [4.78, 5) is 45.0. The van der Waals surface area contributed by atoms with Gasteiger partial charge in [-0.15, -0.1) is 0 Å². The number of carbonyl (C=O) groups is 3. The smallest absolute Gasteiger partial charge is 0.408 e. The number of nitrogens with zero attached hydrogens (tertiary/aromatic N) is 2. The molecular formula is C31H31F3N4O4. The summed E-state index contributed by atoms with van der Waals surface area (Å²) in [6.07, 6.45) is -7.30. The minimum atomic E-state index is -4.73. The highest BCUT2D eigenvalue weighted by Crippen LogP contribution is 2.31. The van der Waals surface area contributed by atoms with E-state index >= 15 is 0 Å². The van der Waals surface area contributed by atoms with E-state index in [1.165, 1.54) is 12.1 Å². The number of benzodiazepines with no additional fused rings is 1. The largest absolute Gasteiger partial charge is 0.444 e. The van der Waals surface area contributed by atoms with Gasteiger partial charge in [0, 0.05) is 17.5 Å². The first-order chi connectivity index (χ1) is 19.8. The van der Waals surface area contributed by atoms with Crippen molar-refractivity contribution >= 4 is 29.3 Å². The molecule has 1 aliphatic heterocycles. The first kappa shape index (κ1) is 30.3. The summed E-state index contributed by atoms with van der Waals surface area (Å²) < 4.78 is 46.5. The number of carbonyl (C=O) groups excluding carboxylic acids is 3.